The van der Waals surface area contributed by atoms with Gasteiger partial charge in [0.05, 0.1) is 11.3 Å². The number of carbonyl (C=O) groups excluding carboxylic acids is 1. The second kappa shape index (κ2) is 10.7. The van der Waals surface area contributed by atoms with Crippen LogP contribution < -0.4 is 20.3 Å². The van der Waals surface area contributed by atoms with Crippen molar-refractivity contribution in [3.8, 4) is 11.6 Å². The van der Waals surface area contributed by atoms with Gasteiger partial charge in [0.2, 0.25) is 5.88 Å². The molecule has 0 spiro atoms. The summed E-state index contributed by atoms with van der Waals surface area (Å²) in [6.07, 6.45) is -0.490. The third-order valence-electron chi connectivity index (χ3n) is 6.35. The summed E-state index contributed by atoms with van der Waals surface area (Å²) in [5, 5.41) is 6.04. The van der Waals surface area contributed by atoms with E-state index in [2.05, 4.69) is 20.6 Å². The van der Waals surface area contributed by atoms with Crippen LogP contribution in [0.25, 0.3) is 0 Å². The maximum Gasteiger partial charge on any atom is 0.416 e. The number of anilines is 2. The van der Waals surface area contributed by atoms with Crippen LogP contribution in [0, 0.1) is 0 Å². The highest BCUT2D eigenvalue weighted by Gasteiger charge is 2.31. The summed E-state index contributed by atoms with van der Waals surface area (Å²) in [5.74, 6) is 0.983. The van der Waals surface area contributed by atoms with Crippen molar-refractivity contribution in [2.45, 2.75) is 38.0 Å². The predicted octanol–water partition coefficient (Wildman–Crippen LogP) is 5.15. The molecule has 2 amide bonds. The zero-order valence-electron chi connectivity index (χ0n) is 19.9. The number of nitrogens with one attached hydrogen (secondary N) is 2. The molecule has 0 radical (unpaired) electrons. The van der Waals surface area contributed by atoms with Gasteiger partial charge in [0.25, 0.3) is 0 Å². The lowest BCUT2D eigenvalue weighted by Crippen LogP contribution is -2.34. The third-order valence-corrected chi connectivity index (χ3v) is 6.35. The summed E-state index contributed by atoms with van der Waals surface area (Å²) < 4.78 is 50.3. The van der Waals surface area contributed by atoms with Crippen LogP contribution >= 0.6 is 0 Å². The molecule has 194 valence electrons. The van der Waals surface area contributed by atoms with Gasteiger partial charge >= 0.3 is 12.2 Å². The Morgan fingerprint density at radius 3 is 2.76 bits per heavy atom. The SMILES string of the molecule is O=C(Nc1cccc(C(F)(F)F)c1)N1CCc2cc(Oc3cc(CNC4CCOCC4)ncn3)ccc21. The molecule has 3 aromatic rings. The van der Waals surface area contributed by atoms with Crippen LogP contribution in [0.3, 0.4) is 0 Å². The number of nitrogens with zero attached hydrogens (tertiary/aromatic N) is 3. The van der Waals surface area contributed by atoms with Crippen LogP contribution in [0.2, 0.25) is 0 Å². The van der Waals surface area contributed by atoms with Gasteiger partial charge < -0.3 is 20.1 Å². The summed E-state index contributed by atoms with van der Waals surface area (Å²) in [7, 11) is 0. The zero-order valence-corrected chi connectivity index (χ0v) is 19.9. The summed E-state index contributed by atoms with van der Waals surface area (Å²) in [4.78, 5) is 22.8. The third kappa shape index (κ3) is 6.17. The molecule has 8 nitrogen and oxygen atoms in total. The van der Waals surface area contributed by atoms with Gasteiger partial charge in [-0.3, -0.25) is 4.90 Å². The van der Waals surface area contributed by atoms with Crippen LogP contribution in [0.5, 0.6) is 11.6 Å². The molecule has 2 aromatic carbocycles. The number of alkyl halides is 3. The molecule has 5 rings (SSSR count). The smallest absolute Gasteiger partial charge is 0.416 e. The Morgan fingerprint density at radius 1 is 1.11 bits per heavy atom. The first-order valence-electron chi connectivity index (χ1n) is 12.0. The number of halogens is 3. The number of urea groups is 1. The van der Waals surface area contributed by atoms with Crippen LogP contribution in [0.1, 0.15) is 29.7 Å². The molecule has 0 aliphatic carbocycles. The number of aromatic nitrogens is 2. The van der Waals surface area contributed by atoms with Crippen molar-refractivity contribution < 1.29 is 27.4 Å². The lowest BCUT2D eigenvalue weighted by molar-refractivity contribution is -0.137. The van der Waals surface area contributed by atoms with E-state index in [-0.39, 0.29) is 5.69 Å². The van der Waals surface area contributed by atoms with E-state index in [1.807, 2.05) is 6.07 Å². The lowest BCUT2D eigenvalue weighted by Gasteiger charge is -2.23. The molecule has 0 unspecified atom stereocenters. The van der Waals surface area contributed by atoms with Gasteiger partial charge in [0.15, 0.2) is 0 Å². The van der Waals surface area contributed by atoms with E-state index in [9.17, 15) is 18.0 Å². The number of carbonyl (C=O) groups is 1. The average Bonchev–Trinajstić information content (AvgIpc) is 3.31. The fraction of sp³-hybridized carbons (Fsp3) is 0.346. The van der Waals surface area contributed by atoms with E-state index in [0.29, 0.717) is 42.9 Å². The van der Waals surface area contributed by atoms with Gasteiger partial charge in [-0.25, -0.2) is 14.8 Å². The van der Waals surface area contributed by atoms with Crippen molar-refractivity contribution in [3.63, 3.8) is 0 Å². The molecule has 37 heavy (non-hydrogen) atoms. The summed E-state index contributed by atoms with van der Waals surface area (Å²) in [6.45, 7) is 2.53. The maximum absolute atomic E-state index is 13.0. The molecule has 2 aliphatic rings. The highest BCUT2D eigenvalue weighted by molar-refractivity contribution is 6.03. The van der Waals surface area contributed by atoms with Crippen molar-refractivity contribution in [3.05, 3.63) is 71.7 Å². The van der Waals surface area contributed by atoms with Gasteiger partial charge in [0, 0.05) is 49.8 Å². The molecule has 0 atom stereocenters. The molecular formula is C26H26F3N5O3. The Hall–Kier alpha value is -3.70. The first kappa shape index (κ1) is 25.0. The lowest BCUT2D eigenvalue weighted by atomic mass is 10.1. The van der Waals surface area contributed by atoms with Crippen LogP contribution in [-0.2, 0) is 23.9 Å². The molecule has 1 aromatic heterocycles. The van der Waals surface area contributed by atoms with E-state index in [4.69, 9.17) is 9.47 Å². The van der Waals surface area contributed by atoms with Crippen molar-refractivity contribution >= 4 is 17.4 Å². The topological polar surface area (TPSA) is 88.6 Å². The van der Waals surface area contributed by atoms with Crippen molar-refractivity contribution in [1.82, 2.24) is 15.3 Å². The number of amides is 2. The van der Waals surface area contributed by atoms with Crippen molar-refractivity contribution in [1.29, 1.82) is 0 Å². The Kier molecular flexibility index (Phi) is 7.24. The van der Waals surface area contributed by atoms with Crippen molar-refractivity contribution in [2.24, 2.45) is 0 Å². The Balaban J connectivity index is 1.21. The minimum Gasteiger partial charge on any atom is -0.439 e. The van der Waals surface area contributed by atoms with E-state index < -0.39 is 17.8 Å². The molecular weight excluding hydrogens is 487 g/mol. The molecule has 0 bridgehead atoms. The summed E-state index contributed by atoms with van der Waals surface area (Å²) >= 11 is 0. The Labute approximate surface area is 211 Å². The highest BCUT2D eigenvalue weighted by atomic mass is 19.4. The van der Waals surface area contributed by atoms with Gasteiger partial charge in [-0.15, -0.1) is 0 Å². The van der Waals surface area contributed by atoms with Crippen LogP contribution in [-0.4, -0.2) is 41.8 Å². The second-order valence-electron chi connectivity index (χ2n) is 8.92. The fourth-order valence-corrected chi connectivity index (χ4v) is 4.42. The first-order chi connectivity index (χ1) is 17.8. The minimum atomic E-state index is -4.48. The maximum atomic E-state index is 13.0. The number of rotatable bonds is 6. The molecule has 2 N–H and O–H groups in total. The van der Waals surface area contributed by atoms with E-state index >= 15 is 0 Å². The predicted molar refractivity (Wildman–Crippen MR) is 131 cm³/mol. The standard InChI is InChI=1S/C26H26F3N5O3/c27-26(28,29)18-2-1-3-20(13-18)33-25(35)34-9-6-17-12-22(4-5-23(17)34)37-24-14-21(31-16-32-24)15-30-19-7-10-36-11-8-19/h1-5,12-14,16,19,30H,6-11,15H2,(H,33,35). The molecule has 1 saturated heterocycles. The summed E-state index contributed by atoms with van der Waals surface area (Å²) in [6, 6.07) is 11.6. The molecule has 1 fully saturated rings. The largest absolute Gasteiger partial charge is 0.439 e. The normalized spacial score (nSPS) is 15.9. The molecule has 0 saturated carbocycles. The van der Waals surface area contributed by atoms with Gasteiger partial charge in [-0.1, -0.05) is 6.07 Å². The Morgan fingerprint density at radius 2 is 1.95 bits per heavy atom. The summed E-state index contributed by atoms with van der Waals surface area (Å²) in [5.41, 5.74) is 1.66. The molecule has 11 heteroatoms. The number of benzene rings is 2. The van der Waals surface area contributed by atoms with Crippen LogP contribution in [0.15, 0.2) is 54.9 Å². The number of fused-ring (bicyclic) bond motifs is 1. The molecule has 3 heterocycles. The minimum absolute atomic E-state index is 0.0825. The van der Waals surface area contributed by atoms with E-state index in [1.54, 1.807) is 18.2 Å². The highest BCUT2D eigenvalue weighted by Crippen LogP contribution is 2.34. The van der Waals surface area contributed by atoms with E-state index in [1.165, 1.54) is 23.4 Å². The monoisotopic (exact) mass is 513 g/mol. The first-order valence-corrected chi connectivity index (χ1v) is 12.0. The fourth-order valence-electron chi connectivity index (χ4n) is 4.42. The number of ether oxygens (including phenoxy) is 2. The Bertz CT molecular complexity index is 1260. The van der Waals surface area contributed by atoms with Gasteiger partial charge in [-0.2, -0.15) is 13.2 Å². The average molecular weight is 514 g/mol. The van der Waals surface area contributed by atoms with Crippen LogP contribution in [0.4, 0.5) is 29.3 Å². The number of hydrogen-bond donors (Lipinski definition) is 2. The molecule has 2 aliphatic heterocycles. The zero-order chi connectivity index (χ0) is 25.8. The van der Waals surface area contributed by atoms with E-state index in [0.717, 1.165) is 49.4 Å². The van der Waals surface area contributed by atoms with Crippen molar-refractivity contribution in [2.75, 3.05) is 30.0 Å². The quantitative estimate of drug-likeness (QED) is 0.474. The van der Waals surface area contributed by atoms with Gasteiger partial charge in [-0.05, 0) is 61.2 Å². The number of hydrogen-bond acceptors (Lipinski definition) is 6. The second-order valence-corrected chi connectivity index (χ2v) is 8.92. The van der Waals surface area contributed by atoms with Gasteiger partial charge in [0.1, 0.15) is 12.1 Å².